The van der Waals surface area contributed by atoms with E-state index >= 15 is 0 Å². The SMILES string of the molecule is Cc1cc(C)c(C(=O)NCC(C)C(=O)O)c(C)c1. The summed E-state index contributed by atoms with van der Waals surface area (Å²) in [6.45, 7) is 7.46. The zero-order valence-corrected chi connectivity index (χ0v) is 11.2. The molecule has 0 heterocycles. The van der Waals surface area contributed by atoms with Crippen LogP contribution in [0.25, 0.3) is 0 Å². The maximum absolute atomic E-state index is 12.0. The monoisotopic (exact) mass is 249 g/mol. The smallest absolute Gasteiger partial charge is 0.308 e. The molecule has 0 aliphatic rings. The zero-order chi connectivity index (χ0) is 13.9. The number of amides is 1. The number of aryl methyl sites for hydroxylation is 3. The van der Waals surface area contributed by atoms with Gasteiger partial charge in [-0.05, 0) is 31.9 Å². The molecule has 0 saturated heterocycles. The van der Waals surface area contributed by atoms with Gasteiger partial charge in [-0.25, -0.2) is 0 Å². The Balaban J connectivity index is 2.82. The van der Waals surface area contributed by atoms with E-state index in [1.165, 1.54) is 0 Å². The molecule has 1 rings (SSSR count). The van der Waals surface area contributed by atoms with E-state index < -0.39 is 11.9 Å². The van der Waals surface area contributed by atoms with Crippen LogP contribution in [0.3, 0.4) is 0 Å². The van der Waals surface area contributed by atoms with Gasteiger partial charge in [0.15, 0.2) is 0 Å². The summed E-state index contributed by atoms with van der Waals surface area (Å²) in [5.74, 6) is -1.70. The molecule has 0 spiro atoms. The lowest BCUT2D eigenvalue weighted by Gasteiger charge is -2.13. The first-order valence-corrected chi connectivity index (χ1v) is 5.91. The Bertz CT molecular complexity index is 457. The highest BCUT2D eigenvalue weighted by molar-refractivity contribution is 5.97. The standard InChI is InChI=1S/C14H19NO3/c1-8-5-9(2)12(10(3)6-8)13(16)15-7-11(4)14(17)18/h5-6,11H,7H2,1-4H3,(H,15,16)(H,17,18). The Morgan fingerprint density at radius 2 is 1.72 bits per heavy atom. The van der Waals surface area contributed by atoms with Crippen molar-refractivity contribution in [2.75, 3.05) is 6.54 Å². The number of carbonyl (C=O) groups is 2. The van der Waals surface area contributed by atoms with E-state index in [1.807, 2.05) is 32.9 Å². The molecule has 1 amide bonds. The minimum absolute atomic E-state index is 0.140. The Morgan fingerprint density at radius 1 is 1.22 bits per heavy atom. The minimum atomic E-state index is -0.910. The summed E-state index contributed by atoms with van der Waals surface area (Å²) >= 11 is 0. The van der Waals surface area contributed by atoms with Gasteiger partial charge in [0, 0.05) is 12.1 Å². The minimum Gasteiger partial charge on any atom is -0.481 e. The van der Waals surface area contributed by atoms with Crippen molar-refractivity contribution < 1.29 is 14.7 Å². The molecule has 0 radical (unpaired) electrons. The molecule has 0 aromatic heterocycles. The topological polar surface area (TPSA) is 66.4 Å². The number of benzene rings is 1. The molecule has 0 saturated carbocycles. The number of hydrogen-bond acceptors (Lipinski definition) is 2. The molecule has 0 aliphatic carbocycles. The largest absolute Gasteiger partial charge is 0.481 e. The fourth-order valence-corrected chi connectivity index (χ4v) is 1.96. The Kier molecular flexibility index (Phi) is 4.48. The fourth-order valence-electron chi connectivity index (χ4n) is 1.96. The van der Waals surface area contributed by atoms with Crippen molar-refractivity contribution in [3.8, 4) is 0 Å². The second kappa shape index (κ2) is 5.67. The van der Waals surface area contributed by atoms with Crippen LogP contribution in [-0.4, -0.2) is 23.5 Å². The number of aliphatic carboxylic acids is 1. The van der Waals surface area contributed by atoms with Crippen LogP contribution in [0.4, 0.5) is 0 Å². The first-order valence-electron chi connectivity index (χ1n) is 5.91. The van der Waals surface area contributed by atoms with Crippen LogP contribution in [0.1, 0.15) is 34.0 Å². The van der Waals surface area contributed by atoms with E-state index in [-0.39, 0.29) is 12.5 Å². The van der Waals surface area contributed by atoms with E-state index in [4.69, 9.17) is 5.11 Å². The number of carboxylic acids is 1. The average Bonchev–Trinajstić information content (AvgIpc) is 2.24. The molecular weight excluding hydrogens is 230 g/mol. The van der Waals surface area contributed by atoms with Crippen LogP contribution >= 0.6 is 0 Å². The number of rotatable bonds is 4. The van der Waals surface area contributed by atoms with Gasteiger partial charge in [0.25, 0.3) is 5.91 Å². The van der Waals surface area contributed by atoms with Gasteiger partial charge in [-0.15, -0.1) is 0 Å². The maximum Gasteiger partial charge on any atom is 0.308 e. The van der Waals surface area contributed by atoms with Gasteiger partial charge in [0.05, 0.1) is 5.92 Å². The molecule has 18 heavy (non-hydrogen) atoms. The van der Waals surface area contributed by atoms with Crippen molar-refractivity contribution in [2.45, 2.75) is 27.7 Å². The van der Waals surface area contributed by atoms with Crippen molar-refractivity contribution >= 4 is 11.9 Å². The molecule has 0 aliphatic heterocycles. The van der Waals surface area contributed by atoms with Gasteiger partial charge in [-0.1, -0.05) is 24.6 Å². The summed E-state index contributed by atoms with van der Waals surface area (Å²) in [5, 5.41) is 11.4. The summed E-state index contributed by atoms with van der Waals surface area (Å²) in [6.07, 6.45) is 0. The van der Waals surface area contributed by atoms with E-state index in [2.05, 4.69) is 5.32 Å². The summed E-state index contributed by atoms with van der Waals surface area (Å²) in [5.41, 5.74) is 3.57. The first kappa shape index (κ1) is 14.2. The lowest BCUT2D eigenvalue weighted by atomic mass is 9.99. The number of carboxylic acid groups (broad SMARTS) is 1. The second-order valence-electron chi connectivity index (χ2n) is 4.72. The molecule has 2 N–H and O–H groups in total. The predicted molar refractivity (Wildman–Crippen MR) is 69.8 cm³/mol. The molecular formula is C14H19NO3. The second-order valence-corrected chi connectivity index (χ2v) is 4.72. The third kappa shape index (κ3) is 3.32. The molecule has 98 valence electrons. The Labute approximate surface area is 107 Å². The molecule has 1 atom stereocenters. The predicted octanol–water partition coefficient (Wildman–Crippen LogP) is 2.06. The van der Waals surface area contributed by atoms with Crippen molar-refractivity contribution in [1.29, 1.82) is 0 Å². The Hall–Kier alpha value is -1.84. The molecule has 4 nitrogen and oxygen atoms in total. The zero-order valence-electron chi connectivity index (χ0n) is 11.2. The summed E-state index contributed by atoms with van der Waals surface area (Å²) in [6, 6.07) is 3.89. The van der Waals surface area contributed by atoms with Gasteiger partial charge in [-0.2, -0.15) is 0 Å². The van der Waals surface area contributed by atoms with E-state index in [9.17, 15) is 9.59 Å². The molecule has 1 unspecified atom stereocenters. The number of carbonyl (C=O) groups excluding carboxylic acids is 1. The van der Waals surface area contributed by atoms with Crippen LogP contribution in [0.15, 0.2) is 12.1 Å². The molecule has 4 heteroatoms. The lowest BCUT2D eigenvalue weighted by Crippen LogP contribution is -2.32. The van der Waals surface area contributed by atoms with Crippen LogP contribution < -0.4 is 5.32 Å². The fraction of sp³-hybridized carbons (Fsp3) is 0.429. The van der Waals surface area contributed by atoms with Gasteiger partial charge in [0.2, 0.25) is 0 Å². The molecule has 0 bridgehead atoms. The summed E-state index contributed by atoms with van der Waals surface area (Å²) < 4.78 is 0. The van der Waals surface area contributed by atoms with Crippen LogP contribution in [-0.2, 0) is 4.79 Å². The Morgan fingerprint density at radius 3 is 2.17 bits per heavy atom. The van der Waals surface area contributed by atoms with E-state index in [1.54, 1.807) is 6.92 Å². The highest BCUT2D eigenvalue weighted by atomic mass is 16.4. The average molecular weight is 249 g/mol. The quantitative estimate of drug-likeness (QED) is 0.858. The van der Waals surface area contributed by atoms with Crippen molar-refractivity contribution in [3.63, 3.8) is 0 Å². The third-order valence-electron chi connectivity index (χ3n) is 2.89. The maximum atomic E-state index is 12.0. The molecule has 0 fully saturated rings. The highest BCUT2D eigenvalue weighted by Crippen LogP contribution is 2.16. The lowest BCUT2D eigenvalue weighted by molar-refractivity contribution is -0.140. The van der Waals surface area contributed by atoms with Crippen molar-refractivity contribution in [1.82, 2.24) is 5.32 Å². The van der Waals surface area contributed by atoms with Gasteiger partial charge in [0.1, 0.15) is 0 Å². The van der Waals surface area contributed by atoms with E-state index in [0.29, 0.717) is 5.56 Å². The molecule has 1 aromatic carbocycles. The van der Waals surface area contributed by atoms with E-state index in [0.717, 1.165) is 16.7 Å². The summed E-state index contributed by atoms with van der Waals surface area (Å²) in [7, 11) is 0. The third-order valence-corrected chi connectivity index (χ3v) is 2.89. The normalized spacial score (nSPS) is 12.0. The number of hydrogen-bond donors (Lipinski definition) is 2. The van der Waals surface area contributed by atoms with Gasteiger partial charge < -0.3 is 10.4 Å². The summed E-state index contributed by atoms with van der Waals surface area (Å²) in [4.78, 5) is 22.7. The van der Waals surface area contributed by atoms with Crippen molar-refractivity contribution in [3.05, 3.63) is 34.4 Å². The van der Waals surface area contributed by atoms with Crippen LogP contribution in [0.5, 0.6) is 0 Å². The van der Waals surface area contributed by atoms with Gasteiger partial charge >= 0.3 is 5.97 Å². The number of nitrogens with one attached hydrogen (secondary N) is 1. The highest BCUT2D eigenvalue weighted by Gasteiger charge is 2.16. The van der Waals surface area contributed by atoms with Crippen LogP contribution in [0.2, 0.25) is 0 Å². The van der Waals surface area contributed by atoms with Crippen molar-refractivity contribution in [2.24, 2.45) is 5.92 Å². The van der Waals surface area contributed by atoms with Crippen LogP contribution in [0, 0.1) is 26.7 Å². The molecule has 1 aromatic rings. The van der Waals surface area contributed by atoms with Gasteiger partial charge in [-0.3, -0.25) is 9.59 Å². The first-order chi connectivity index (χ1) is 8.32.